The summed E-state index contributed by atoms with van der Waals surface area (Å²) in [5.74, 6) is 2.84. The van der Waals surface area contributed by atoms with Gasteiger partial charge in [-0.15, -0.1) is 10.2 Å². The lowest BCUT2D eigenvalue weighted by atomic mass is 9.84. The Bertz CT molecular complexity index is 713. The molecule has 2 saturated carbocycles. The number of amides is 1. The highest BCUT2D eigenvalue weighted by atomic mass is 16.2. The number of nitrogens with zero attached hydrogens (tertiary/aromatic N) is 4. The minimum absolute atomic E-state index is 0.0396. The molecule has 126 valence electrons. The molecule has 4 rings (SSSR count). The summed E-state index contributed by atoms with van der Waals surface area (Å²) in [4.78, 5) is 13.7. The van der Waals surface area contributed by atoms with E-state index >= 15 is 0 Å². The van der Waals surface area contributed by atoms with Crippen LogP contribution in [0.4, 0.5) is 0 Å². The number of carbonyl (C=O) groups excluding carboxylic acids is 1. The van der Waals surface area contributed by atoms with Gasteiger partial charge in [-0.05, 0) is 49.2 Å². The van der Waals surface area contributed by atoms with Gasteiger partial charge in [-0.2, -0.15) is 4.80 Å². The zero-order valence-corrected chi connectivity index (χ0v) is 13.9. The minimum atomic E-state index is -0.0396. The molecule has 0 radical (unpaired) electrons. The zero-order valence-electron chi connectivity index (χ0n) is 13.9. The van der Waals surface area contributed by atoms with Crippen LogP contribution in [0, 0.1) is 17.8 Å². The Morgan fingerprint density at radius 2 is 2.12 bits per heavy atom. The zero-order chi connectivity index (χ0) is 16.5. The summed E-state index contributed by atoms with van der Waals surface area (Å²) < 4.78 is 0. The summed E-state index contributed by atoms with van der Waals surface area (Å²) >= 11 is 0. The molecule has 4 atom stereocenters. The molecule has 2 bridgehead atoms. The Balaban J connectivity index is 1.34. The molecule has 0 aliphatic heterocycles. The van der Waals surface area contributed by atoms with Gasteiger partial charge in [-0.1, -0.05) is 36.8 Å². The molecule has 24 heavy (non-hydrogen) atoms. The molecule has 2 aromatic rings. The maximum Gasteiger partial charge on any atom is 0.243 e. The van der Waals surface area contributed by atoms with Crippen LogP contribution in [0.2, 0.25) is 0 Å². The van der Waals surface area contributed by atoms with Gasteiger partial charge in [-0.25, -0.2) is 0 Å². The van der Waals surface area contributed by atoms with E-state index < -0.39 is 0 Å². The normalized spacial score (nSPS) is 26.5. The van der Waals surface area contributed by atoms with Gasteiger partial charge in [0.2, 0.25) is 11.7 Å². The van der Waals surface area contributed by atoms with Crippen molar-refractivity contribution < 1.29 is 4.79 Å². The Hall–Kier alpha value is -2.24. The molecule has 1 N–H and O–H groups in total. The highest BCUT2D eigenvalue weighted by Crippen LogP contribution is 2.49. The van der Waals surface area contributed by atoms with Crippen LogP contribution in [0.3, 0.4) is 0 Å². The summed E-state index contributed by atoms with van der Waals surface area (Å²) in [5.41, 5.74) is 0.902. The van der Waals surface area contributed by atoms with E-state index in [-0.39, 0.29) is 18.5 Å². The molecule has 1 aromatic heterocycles. The second-order valence-corrected chi connectivity index (χ2v) is 7.20. The van der Waals surface area contributed by atoms with Gasteiger partial charge in [0.05, 0.1) is 0 Å². The van der Waals surface area contributed by atoms with Crippen molar-refractivity contribution in [2.75, 3.05) is 0 Å². The first-order valence-corrected chi connectivity index (χ1v) is 8.81. The van der Waals surface area contributed by atoms with E-state index in [0.717, 1.165) is 17.4 Å². The molecule has 2 fully saturated rings. The molecule has 1 aromatic carbocycles. The number of benzene rings is 1. The molecule has 0 spiro atoms. The van der Waals surface area contributed by atoms with Gasteiger partial charge in [0.25, 0.3) is 0 Å². The standard InChI is InChI=1S/C18H23N5O/c1-12(16-10-13-7-8-15(16)9-13)19-17(24)11-23-21-18(20-22-23)14-5-3-2-4-6-14/h2-6,12-13,15-16H,7-11H2,1H3,(H,19,24)/t12-,13+,15+,16-/m1/s1. The monoisotopic (exact) mass is 325 g/mol. The topological polar surface area (TPSA) is 72.7 Å². The van der Waals surface area contributed by atoms with Gasteiger partial charge in [0, 0.05) is 11.6 Å². The Morgan fingerprint density at radius 1 is 1.29 bits per heavy atom. The van der Waals surface area contributed by atoms with Crippen LogP contribution in [0.15, 0.2) is 30.3 Å². The molecule has 0 unspecified atom stereocenters. The minimum Gasteiger partial charge on any atom is -0.352 e. The van der Waals surface area contributed by atoms with Crippen LogP contribution in [-0.2, 0) is 11.3 Å². The Morgan fingerprint density at radius 3 is 2.83 bits per heavy atom. The average molecular weight is 325 g/mol. The first kappa shape index (κ1) is 15.3. The third-order valence-electron chi connectivity index (χ3n) is 5.59. The van der Waals surface area contributed by atoms with Crippen molar-refractivity contribution in [3.63, 3.8) is 0 Å². The van der Waals surface area contributed by atoms with Crippen LogP contribution >= 0.6 is 0 Å². The molecule has 6 heteroatoms. The predicted octanol–water partition coefficient (Wildman–Crippen LogP) is 2.28. The van der Waals surface area contributed by atoms with Gasteiger partial charge >= 0.3 is 0 Å². The maximum absolute atomic E-state index is 12.3. The van der Waals surface area contributed by atoms with E-state index in [1.807, 2.05) is 30.3 Å². The van der Waals surface area contributed by atoms with Gasteiger partial charge in [0.15, 0.2) is 0 Å². The van der Waals surface area contributed by atoms with Crippen LogP contribution in [0.1, 0.15) is 32.6 Å². The van der Waals surface area contributed by atoms with Crippen molar-refractivity contribution in [3.8, 4) is 11.4 Å². The molecule has 6 nitrogen and oxygen atoms in total. The van der Waals surface area contributed by atoms with E-state index in [1.54, 1.807) is 0 Å². The molecule has 1 heterocycles. The summed E-state index contributed by atoms with van der Waals surface area (Å²) in [7, 11) is 0. The van der Waals surface area contributed by atoms with E-state index in [2.05, 4.69) is 27.7 Å². The largest absolute Gasteiger partial charge is 0.352 e. The number of hydrogen-bond donors (Lipinski definition) is 1. The molecule has 1 amide bonds. The van der Waals surface area contributed by atoms with Crippen molar-refractivity contribution in [1.29, 1.82) is 0 Å². The lowest BCUT2D eigenvalue weighted by Gasteiger charge is -2.28. The number of rotatable bonds is 5. The van der Waals surface area contributed by atoms with E-state index in [1.165, 1.54) is 30.5 Å². The van der Waals surface area contributed by atoms with Crippen molar-refractivity contribution in [3.05, 3.63) is 30.3 Å². The highest BCUT2D eigenvalue weighted by molar-refractivity contribution is 5.75. The number of tetrazole rings is 1. The molecular formula is C18H23N5O. The third-order valence-corrected chi connectivity index (χ3v) is 5.59. The second-order valence-electron chi connectivity index (χ2n) is 7.20. The molecule has 2 aliphatic rings. The van der Waals surface area contributed by atoms with Crippen LogP contribution in [0.25, 0.3) is 11.4 Å². The van der Waals surface area contributed by atoms with Crippen molar-refractivity contribution in [2.24, 2.45) is 17.8 Å². The highest BCUT2D eigenvalue weighted by Gasteiger charge is 2.42. The van der Waals surface area contributed by atoms with Crippen LogP contribution in [0.5, 0.6) is 0 Å². The van der Waals surface area contributed by atoms with Gasteiger partial charge in [-0.3, -0.25) is 4.79 Å². The summed E-state index contributed by atoms with van der Waals surface area (Å²) in [6.07, 6.45) is 5.34. The average Bonchev–Trinajstić information content (AvgIpc) is 3.32. The summed E-state index contributed by atoms with van der Waals surface area (Å²) in [6, 6.07) is 9.89. The fourth-order valence-electron chi connectivity index (χ4n) is 4.45. The first-order valence-electron chi connectivity index (χ1n) is 8.81. The van der Waals surface area contributed by atoms with Crippen LogP contribution < -0.4 is 5.32 Å². The van der Waals surface area contributed by atoms with E-state index in [0.29, 0.717) is 11.7 Å². The number of nitrogens with one attached hydrogen (secondary N) is 1. The Labute approximate surface area is 141 Å². The number of hydrogen-bond acceptors (Lipinski definition) is 4. The molecule has 0 saturated heterocycles. The van der Waals surface area contributed by atoms with Crippen molar-refractivity contribution in [1.82, 2.24) is 25.5 Å². The van der Waals surface area contributed by atoms with E-state index in [4.69, 9.17) is 0 Å². The fraction of sp³-hybridized carbons (Fsp3) is 0.556. The van der Waals surface area contributed by atoms with Crippen molar-refractivity contribution in [2.45, 2.75) is 45.2 Å². The second kappa shape index (κ2) is 6.34. The Kier molecular flexibility index (Phi) is 4.04. The SMILES string of the molecule is C[C@@H](NC(=O)Cn1nnc(-c2ccccc2)n1)[C@H]1C[C@H]2CC[C@H]1C2. The van der Waals surface area contributed by atoms with Gasteiger partial charge < -0.3 is 5.32 Å². The lowest BCUT2D eigenvalue weighted by molar-refractivity contribution is -0.123. The predicted molar refractivity (Wildman–Crippen MR) is 89.8 cm³/mol. The first-order chi connectivity index (χ1) is 11.7. The summed E-state index contributed by atoms with van der Waals surface area (Å²) in [5, 5.41) is 15.5. The quantitative estimate of drug-likeness (QED) is 0.915. The molecular weight excluding hydrogens is 302 g/mol. The van der Waals surface area contributed by atoms with Crippen molar-refractivity contribution >= 4 is 5.91 Å². The van der Waals surface area contributed by atoms with Crippen LogP contribution in [-0.4, -0.2) is 32.2 Å². The van der Waals surface area contributed by atoms with E-state index in [9.17, 15) is 4.79 Å². The van der Waals surface area contributed by atoms with Gasteiger partial charge in [0.1, 0.15) is 6.54 Å². The maximum atomic E-state index is 12.3. The number of aromatic nitrogens is 4. The summed E-state index contributed by atoms with van der Waals surface area (Å²) in [6.45, 7) is 2.25. The molecule has 2 aliphatic carbocycles. The number of fused-ring (bicyclic) bond motifs is 2. The number of carbonyl (C=O) groups is 1. The smallest absolute Gasteiger partial charge is 0.243 e. The fourth-order valence-corrected chi connectivity index (χ4v) is 4.45. The third kappa shape index (κ3) is 3.05. The lowest BCUT2D eigenvalue weighted by Crippen LogP contribution is -2.41.